The molecule has 0 radical (unpaired) electrons. The standard InChI is InChI=1S/C17H23BrN4O2/c1-21-17(15(18)11-20-21)14-10-12(19)2-3-16(14)24-9-8-22-6-4-13(23)5-7-22/h2-3,10-11,13,23H,4-9,19H2,1H3. The molecule has 0 saturated carbocycles. The van der Waals surface area contributed by atoms with E-state index in [0.717, 1.165) is 54.0 Å². The number of likely N-dealkylation sites (tertiary alicyclic amines) is 1. The number of aliphatic hydroxyl groups excluding tert-OH is 1. The van der Waals surface area contributed by atoms with E-state index in [9.17, 15) is 5.11 Å². The highest BCUT2D eigenvalue weighted by atomic mass is 79.9. The van der Waals surface area contributed by atoms with Crippen LogP contribution in [0.15, 0.2) is 28.9 Å². The second-order valence-corrected chi connectivity index (χ2v) is 7.00. The zero-order valence-electron chi connectivity index (χ0n) is 13.8. The van der Waals surface area contributed by atoms with Crippen molar-refractivity contribution in [2.24, 2.45) is 7.05 Å². The zero-order valence-corrected chi connectivity index (χ0v) is 15.4. The Morgan fingerprint density at radius 1 is 1.38 bits per heavy atom. The Kier molecular flexibility index (Phi) is 5.43. The number of benzene rings is 1. The zero-order chi connectivity index (χ0) is 17.1. The Labute approximate surface area is 150 Å². The van der Waals surface area contributed by atoms with Crippen LogP contribution in [0.3, 0.4) is 0 Å². The first kappa shape index (κ1) is 17.3. The molecule has 1 aromatic carbocycles. The van der Waals surface area contributed by atoms with Crippen LogP contribution in [0.1, 0.15) is 12.8 Å². The van der Waals surface area contributed by atoms with E-state index in [2.05, 4.69) is 25.9 Å². The molecule has 1 aromatic heterocycles. The van der Waals surface area contributed by atoms with Gasteiger partial charge in [-0.15, -0.1) is 0 Å². The molecule has 130 valence electrons. The van der Waals surface area contributed by atoms with Crippen LogP contribution in [0.2, 0.25) is 0 Å². The van der Waals surface area contributed by atoms with E-state index in [0.29, 0.717) is 12.3 Å². The number of piperidine rings is 1. The molecule has 6 nitrogen and oxygen atoms in total. The molecule has 0 spiro atoms. The van der Waals surface area contributed by atoms with Gasteiger partial charge in [0.2, 0.25) is 0 Å². The molecule has 1 fully saturated rings. The Morgan fingerprint density at radius 2 is 2.12 bits per heavy atom. The Morgan fingerprint density at radius 3 is 2.79 bits per heavy atom. The van der Waals surface area contributed by atoms with Gasteiger partial charge in [-0.2, -0.15) is 5.10 Å². The molecular weight excluding hydrogens is 372 g/mol. The van der Waals surface area contributed by atoms with Crippen LogP contribution in [0.5, 0.6) is 5.75 Å². The predicted molar refractivity (Wildman–Crippen MR) is 97.9 cm³/mol. The molecule has 1 aliphatic rings. The van der Waals surface area contributed by atoms with Crippen LogP contribution >= 0.6 is 15.9 Å². The summed E-state index contributed by atoms with van der Waals surface area (Å²) in [6.07, 6.45) is 3.30. The van der Waals surface area contributed by atoms with Crippen molar-refractivity contribution >= 4 is 21.6 Å². The molecule has 2 aromatic rings. The van der Waals surface area contributed by atoms with Crippen LogP contribution in [-0.2, 0) is 7.05 Å². The van der Waals surface area contributed by atoms with Gasteiger partial charge in [-0.25, -0.2) is 0 Å². The number of anilines is 1. The SMILES string of the molecule is Cn1ncc(Br)c1-c1cc(N)ccc1OCCN1CCC(O)CC1. The van der Waals surface area contributed by atoms with Crippen molar-refractivity contribution in [2.45, 2.75) is 18.9 Å². The van der Waals surface area contributed by atoms with Gasteiger partial charge in [0.15, 0.2) is 0 Å². The van der Waals surface area contributed by atoms with E-state index in [1.807, 2.05) is 25.2 Å². The highest BCUT2D eigenvalue weighted by Crippen LogP contribution is 2.36. The third-order valence-electron chi connectivity index (χ3n) is 4.38. The number of rotatable bonds is 5. The first-order valence-corrected chi connectivity index (χ1v) is 8.94. The lowest BCUT2D eigenvalue weighted by atomic mass is 10.1. The van der Waals surface area contributed by atoms with Crippen molar-refractivity contribution in [2.75, 3.05) is 32.0 Å². The molecule has 0 bridgehead atoms. The first-order valence-electron chi connectivity index (χ1n) is 8.15. The molecule has 0 aliphatic carbocycles. The molecule has 0 atom stereocenters. The second-order valence-electron chi connectivity index (χ2n) is 6.14. The molecule has 1 aliphatic heterocycles. The van der Waals surface area contributed by atoms with E-state index < -0.39 is 0 Å². The van der Waals surface area contributed by atoms with Crippen LogP contribution in [0.25, 0.3) is 11.3 Å². The minimum absolute atomic E-state index is 0.145. The van der Waals surface area contributed by atoms with Crippen molar-refractivity contribution in [3.63, 3.8) is 0 Å². The summed E-state index contributed by atoms with van der Waals surface area (Å²) in [6.45, 7) is 3.30. The summed E-state index contributed by atoms with van der Waals surface area (Å²) in [6, 6.07) is 5.67. The number of nitrogen functional groups attached to an aromatic ring is 1. The molecule has 0 unspecified atom stereocenters. The van der Waals surface area contributed by atoms with Crippen LogP contribution < -0.4 is 10.5 Å². The summed E-state index contributed by atoms with van der Waals surface area (Å²) in [7, 11) is 1.89. The lowest BCUT2D eigenvalue weighted by Crippen LogP contribution is -2.38. The van der Waals surface area contributed by atoms with Gasteiger partial charge in [0.05, 0.1) is 22.5 Å². The number of halogens is 1. The number of hydrogen-bond donors (Lipinski definition) is 2. The van der Waals surface area contributed by atoms with Crippen molar-refractivity contribution < 1.29 is 9.84 Å². The fourth-order valence-electron chi connectivity index (χ4n) is 3.00. The molecule has 0 amide bonds. The number of nitrogens with two attached hydrogens (primary N) is 1. The summed E-state index contributed by atoms with van der Waals surface area (Å²) in [4.78, 5) is 2.32. The fraction of sp³-hybridized carbons (Fsp3) is 0.471. The van der Waals surface area contributed by atoms with Crippen LogP contribution in [0, 0.1) is 0 Å². The lowest BCUT2D eigenvalue weighted by molar-refractivity contribution is 0.0755. The summed E-state index contributed by atoms with van der Waals surface area (Å²) < 4.78 is 8.75. The predicted octanol–water partition coefficient (Wildman–Crippen LogP) is 2.27. The Hall–Kier alpha value is -1.57. The number of aromatic nitrogens is 2. The summed E-state index contributed by atoms with van der Waals surface area (Å²) in [5.74, 6) is 0.797. The third kappa shape index (κ3) is 3.91. The normalized spacial score (nSPS) is 16.5. The molecular formula is C17H23BrN4O2. The van der Waals surface area contributed by atoms with E-state index in [1.54, 1.807) is 10.9 Å². The molecule has 2 heterocycles. The number of ether oxygens (including phenoxy) is 1. The molecule has 3 rings (SSSR count). The number of nitrogens with zero attached hydrogens (tertiary/aromatic N) is 3. The highest BCUT2D eigenvalue weighted by molar-refractivity contribution is 9.10. The number of aliphatic hydroxyl groups is 1. The van der Waals surface area contributed by atoms with E-state index >= 15 is 0 Å². The molecule has 24 heavy (non-hydrogen) atoms. The van der Waals surface area contributed by atoms with Crippen molar-refractivity contribution in [3.05, 3.63) is 28.9 Å². The van der Waals surface area contributed by atoms with Gasteiger partial charge < -0.3 is 15.6 Å². The average Bonchev–Trinajstić information content (AvgIpc) is 2.89. The van der Waals surface area contributed by atoms with Crippen LogP contribution in [0.4, 0.5) is 5.69 Å². The van der Waals surface area contributed by atoms with E-state index in [4.69, 9.17) is 10.5 Å². The average molecular weight is 395 g/mol. The summed E-state index contributed by atoms with van der Waals surface area (Å²) >= 11 is 3.54. The molecule has 7 heteroatoms. The Bertz CT molecular complexity index is 676. The minimum atomic E-state index is -0.145. The maximum atomic E-state index is 9.57. The number of aryl methyl sites for hydroxylation is 1. The fourth-order valence-corrected chi connectivity index (χ4v) is 3.56. The van der Waals surface area contributed by atoms with Gasteiger partial charge >= 0.3 is 0 Å². The molecule has 1 saturated heterocycles. The lowest BCUT2D eigenvalue weighted by Gasteiger charge is -2.29. The van der Waals surface area contributed by atoms with Crippen molar-refractivity contribution in [1.29, 1.82) is 0 Å². The van der Waals surface area contributed by atoms with Gasteiger partial charge in [0, 0.05) is 37.9 Å². The van der Waals surface area contributed by atoms with E-state index in [-0.39, 0.29) is 6.10 Å². The smallest absolute Gasteiger partial charge is 0.128 e. The third-order valence-corrected chi connectivity index (χ3v) is 4.96. The monoisotopic (exact) mass is 394 g/mol. The largest absolute Gasteiger partial charge is 0.492 e. The van der Waals surface area contributed by atoms with Gasteiger partial charge in [0.1, 0.15) is 12.4 Å². The van der Waals surface area contributed by atoms with Gasteiger partial charge in [-0.3, -0.25) is 9.58 Å². The maximum Gasteiger partial charge on any atom is 0.128 e. The van der Waals surface area contributed by atoms with Crippen molar-refractivity contribution in [1.82, 2.24) is 14.7 Å². The number of hydrogen-bond acceptors (Lipinski definition) is 5. The van der Waals surface area contributed by atoms with Crippen molar-refractivity contribution in [3.8, 4) is 17.0 Å². The van der Waals surface area contributed by atoms with Crippen LogP contribution in [-0.4, -0.2) is 52.1 Å². The van der Waals surface area contributed by atoms with Gasteiger partial charge in [-0.05, 0) is 47.0 Å². The van der Waals surface area contributed by atoms with E-state index in [1.165, 1.54) is 0 Å². The Balaban J connectivity index is 1.70. The maximum absolute atomic E-state index is 9.57. The van der Waals surface area contributed by atoms with Gasteiger partial charge in [-0.1, -0.05) is 0 Å². The molecule has 3 N–H and O–H groups in total. The first-order chi connectivity index (χ1) is 11.5. The van der Waals surface area contributed by atoms with Gasteiger partial charge in [0.25, 0.3) is 0 Å². The quantitative estimate of drug-likeness (QED) is 0.760. The second kappa shape index (κ2) is 7.55. The minimum Gasteiger partial charge on any atom is -0.492 e. The topological polar surface area (TPSA) is 76.5 Å². The summed E-state index contributed by atoms with van der Waals surface area (Å²) in [5, 5.41) is 13.8. The summed E-state index contributed by atoms with van der Waals surface area (Å²) in [5.41, 5.74) is 8.52. The highest BCUT2D eigenvalue weighted by Gasteiger charge is 2.18.